The Morgan fingerprint density at radius 2 is 1.76 bits per heavy atom. The summed E-state index contributed by atoms with van der Waals surface area (Å²) in [5, 5.41) is 2.32. The maximum atomic E-state index is 15.1. The van der Waals surface area contributed by atoms with Crippen LogP contribution in [0.3, 0.4) is 0 Å². The first kappa shape index (κ1) is 24.7. The van der Waals surface area contributed by atoms with Gasteiger partial charge in [-0.3, -0.25) is 15.0 Å². The number of para-hydroxylation sites is 1. The zero-order valence-corrected chi connectivity index (χ0v) is 19.3. The largest absolute Gasteiger partial charge is 0.491 e. The molecule has 9 nitrogen and oxygen atoms in total. The predicted molar refractivity (Wildman–Crippen MR) is 125 cm³/mol. The third-order valence-electron chi connectivity index (χ3n) is 5.88. The zero-order valence-electron chi connectivity index (χ0n) is 19.3. The topological polar surface area (TPSA) is 114 Å². The molecule has 1 aliphatic rings. The summed E-state index contributed by atoms with van der Waals surface area (Å²) in [6.45, 7) is 0. The minimum Gasteiger partial charge on any atom is -0.453 e. The van der Waals surface area contributed by atoms with E-state index in [0.717, 1.165) is 13.2 Å². The summed E-state index contributed by atoms with van der Waals surface area (Å²) in [7, 11) is 1.14. The van der Waals surface area contributed by atoms with Crippen molar-refractivity contribution in [3.05, 3.63) is 89.2 Å². The molecule has 0 bridgehead atoms. The van der Waals surface area contributed by atoms with Crippen LogP contribution in [0, 0.1) is 5.82 Å². The molecule has 1 aliphatic heterocycles. The molecular formula is C25H16F4N4O5. The number of hydrogen-bond donors (Lipinski definition) is 2. The summed E-state index contributed by atoms with van der Waals surface area (Å²) >= 11 is 0. The molecule has 13 heteroatoms. The number of H-pyrrole nitrogens is 1. The van der Waals surface area contributed by atoms with E-state index >= 15 is 4.39 Å². The van der Waals surface area contributed by atoms with Crippen LogP contribution in [-0.2, 0) is 20.0 Å². The molecule has 0 fully saturated rings. The van der Waals surface area contributed by atoms with Crippen LogP contribution in [0.4, 0.5) is 34.0 Å². The van der Waals surface area contributed by atoms with Gasteiger partial charge in [-0.05, 0) is 30.3 Å². The van der Waals surface area contributed by atoms with Gasteiger partial charge >= 0.3 is 18.2 Å². The van der Waals surface area contributed by atoms with Crippen LogP contribution in [0.15, 0.2) is 66.7 Å². The number of imidazole rings is 1. The van der Waals surface area contributed by atoms with Gasteiger partial charge in [-0.1, -0.05) is 36.4 Å². The Hall–Kier alpha value is -4.94. The number of hydrogen-bond acceptors (Lipinski definition) is 6. The van der Waals surface area contributed by atoms with E-state index in [1.165, 1.54) is 60.7 Å². The van der Waals surface area contributed by atoms with Crippen molar-refractivity contribution in [1.82, 2.24) is 9.97 Å². The molecule has 38 heavy (non-hydrogen) atoms. The fourth-order valence-corrected chi connectivity index (χ4v) is 4.32. The molecule has 194 valence electrons. The lowest BCUT2D eigenvalue weighted by Gasteiger charge is -2.38. The highest BCUT2D eigenvalue weighted by Crippen LogP contribution is 2.49. The standard InChI is InChI=1S/C25H16F4N4O5/c1-37-23(36)32-22-30-17-11-10-13(12-18(17)31-22)24(38-21(35)25(27,28)29)15-7-3-2-6-14(15)20(34)33(24)19-9-5-4-8-16(19)26/h2-12H,1H3,(H2,30,31,32,36). The van der Waals surface area contributed by atoms with E-state index < -0.39 is 41.4 Å². The predicted octanol–water partition coefficient (Wildman–Crippen LogP) is 4.85. The van der Waals surface area contributed by atoms with Gasteiger partial charge in [0.05, 0.1) is 23.8 Å². The Morgan fingerprint density at radius 3 is 2.47 bits per heavy atom. The number of nitrogens with zero attached hydrogens (tertiary/aromatic N) is 2. The Balaban J connectivity index is 1.79. The summed E-state index contributed by atoms with van der Waals surface area (Å²) in [4.78, 5) is 45.1. The van der Waals surface area contributed by atoms with Crippen molar-refractivity contribution in [2.45, 2.75) is 11.9 Å². The monoisotopic (exact) mass is 528 g/mol. The van der Waals surface area contributed by atoms with Crippen molar-refractivity contribution in [2.75, 3.05) is 17.3 Å². The molecule has 2 N–H and O–H groups in total. The highest BCUT2D eigenvalue weighted by Gasteiger charge is 2.58. The van der Waals surface area contributed by atoms with Gasteiger partial charge in [-0.25, -0.2) is 19.0 Å². The molecule has 0 aliphatic carbocycles. The second-order valence-corrected chi connectivity index (χ2v) is 8.10. The third kappa shape index (κ3) is 3.88. The van der Waals surface area contributed by atoms with Crippen molar-refractivity contribution < 1.29 is 41.4 Å². The van der Waals surface area contributed by atoms with Gasteiger partial charge < -0.3 is 14.5 Å². The molecule has 2 amide bonds. The molecule has 1 atom stereocenters. The number of esters is 1. The van der Waals surface area contributed by atoms with Crippen LogP contribution in [-0.4, -0.2) is 41.2 Å². The summed E-state index contributed by atoms with van der Waals surface area (Å²) in [5.41, 5.74) is -2.84. The van der Waals surface area contributed by atoms with E-state index in [2.05, 4.69) is 20.0 Å². The molecule has 0 radical (unpaired) electrons. The highest BCUT2D eigenvalue weighted by atomic mass is 19.4. The summed E-state index contributed by atoms with van der Waals surface area (Å²) in [6.07, 6.45) is -6.27. The minimum atomic E-state index is -5.44. The van der Waals surface area contributed by atoms with Gasteiger partial charge in [0, 0.05) is 16.7 Å². The zero-order chi connectivity index (χ0) is 27.2. The maximum absolute atomic E-state index is 15.1. The first-order valence-electron chi connectivity index (χ1n) is 10.9. The fourth-order valence-electron chi connectivity index (χ4n) is 4.32. The Bertz CT molecular complexity index is 1600. The number of methoxy groups -OCH3 is 1. The number of carbonyl (C=O) groups excluding carboxylic acids is 3. The van der Waals surface area contributed by atoms with Gasteiger partial charge in [0.2, 0.25) is 11.7 Å². The van der Waals surface area contributed by atoms with Gasteiger partial charge in [0.1, 0.15) is 5.82 Å². The number of anilines is 2. The van der Waals surface area contributed by atoms with Crippen LogP contribution in [0.2, 0.25) is 0 Å². The number of nitrogens with one attached hydrogen (secondary N) is 2. The number of carbonyl (C=O) groups is 3. The van der Waals surface area contributed by atoms with Crippen molar-refractivity contribution in [1.29, 1.82) is 0 Å². The highest BCUT2D eigenvalue weighted by molar-refractivity contribution is 6.13. The van der Waals surface area contributed by atoms with E-state index in [9.17, 15) is 27.6 Å². The van der Waals surface area contributed by atoms with Gasteiger partial charge in [0.15, 0.2) is 0 Å². The molecule has 4 aromatic rings. The minimum absolute atomic E-state index is 0.0424. The number of halogens is 4. The average molecular weight is 528 g/mol. The summed E-state index contributed by atoms with van der Waals surface area (Å²) in [5.74, 6) is -4.47. The molecule has 1 unspecified atom stereocenters. The molecule has 0 spiro atoms. The van der Waals surface area contributed by atoms with Crippen LogP contribution >= 0.6 is 0 Å². The van der Waals surface area contributed by atoms with E-state index in [0.29, 0.717) is 4.90 Å². The van der Waals surface area contributed by atoms with E-state index in [4.69, 9.17) is 4.74 Å². The van der Waals surface area contributed by atoms with Crippen molar-refractivity contribution in [2.24, 2.45) is 0 Å². The summed E-state index contributed by atoms with van der Waals surface area (Å²) in [6, 6.07) is 14.4. The van der Waals surface area contributed by atoms with Gasteiger partial charge in [0.25, 0.3) is 5.91 Å². The number of fused-ring (bicyclic) bond motifs is 2. The number of amides is 2. The van der Waals surface area contributed by atoms with Gasteiger partial charge in [-0.2, -0.15) is 13.2 Å². The first-order valence-corrected chi connectivity index (χ1v) is 10.9. The van der Waals surface area contributed by atoms with Crippen LogP contribution in [0.25, 0.3) is 11.0 Å². The Morgan fingerprint density at radius 1 is 1.05 bits per heavy atom. The van der Waals surface area contributed by atoms with Crippen molar-refractivity contribution in [3.63, 3.8) is 0 Å². The Kier molecular flexibility index (Phi) is 5.77. The second-order valence-electron chi connectivity index (χ2n) is 8.10. The smallest absolute Gasteiger partial charge is 0.453 e. The van der Waals surface area contributed by atoms with Crippen LogP contribution in [0.5, 0.6) is 0 Å². The second kappa shape index (κ2) is 8.87. The van der Waals surface area contributed by atoms with E-state index in [1.807, 2.05) is 0 Å². The van der Waals surface area contributed by atoms with Crippen molar-refractivity contribution in [3.8, 4) is 0 Å². The Labute approximate surface area is 211 Å². The third-order valence-corrected chi connectivity index (χ3v) is 5.88. The van der Waals surface area contributed by atoms with Crippen LogP contribution < -0.4 is 10.2 Å². The van der Waals surface area contributed by atoms with Crippen molar-refractivity contribution >= 4 is 40.6 Å². The molecular weight excluding hydrogens is 512 g/mol. The van der Waals surface area contributed by atoms with Crippen LogP contribution in [0.1, 0.15) is 21.5 Å². The molecule has 5 rings (SSSR count). The average Bonchev–Trinajstić information content (AvgIpc) is 3.40. The lowest BCUT2D eigenvalue weighted by Crippen LogP contribution is -2.50. The molecule has 2 heterocycles. The quantitative estimate of drug-likeness (QED) is 0.289. The lowest BCUT2D eigenvalue weighted by molar-refractivity contribution is -0.211. The number of ether oxygens (including phenoxy) is 2. The molecule has 0 saturated carbocycles. The number of rotatable bonds is 4. The number of aromatic amines is 1. The van der Waals surface area contributed by atoms with Gasteiger partial charge in [-0.15, -0.1) is 0 Å². The number of benzene rings is 3. The van der Waals surface area contributed by atoms with E-state index in [1.54, 1.807) is 0 Å². The molecule has 3 aromatic carbocycles. The van der Waals surface area contributed by atoms with E-state index in [-0.39, 0.29) is 33.7 Å². The number of aromatic nitrogens is 2. The molecule has 0 saturated heterocycles. The maximum Gasteiger partial charge on any atom is 0.491 e. The lowest BCUT2D eigenvalue weighted by atomic mass is 9.92. The summed E-state index contributed by atoms with van der Waals surface area (Å²) < 4.78 is 65.4. The fraction of sp³-hybridized carbons (Fsp3) is 0.120. The molecule has 1 aromatic heterocycles. The first-order chi connectivity index (χ1) is 18.1. The normalized spacial score (nSPS) is 16.9. The SMILES string of the molecule is COC(=O)Nc1nc2ccc(C3(OC(=O)C(F)(F)F)c4ccccc4C(=O)N3c3ccccc3F)cc2[nH]1. The number of alkyl halides is 3.